The van der Waals surface area contributed by atoms with Crippen molar-refractivity contribution in [2.24, 2.45) is 0 Å². The Balaban J connectivity index is 2.48. The van der Waals surface area contributed by atoms with Gasteiger partial charge in [0.25, 0.3) is 0 Å². The van der Waals surface area contributed by atoms with E-state index >= 15 is 0 Å². The van der Waals surface area contributed by atoms with Crippen molar-refractivity contribution >= 4 is 36.3 Å². The van der Waals surface area contributed by atoms with E-state index in [1.54, 1.807) is 0 Å². The van der Waals surface area contributed by atoms with Gasteiger partial charge in [-0.05, 0) is 0 Å². The van der Waals surface area contributed by atoms with E-state index in [9.17, 15) is 0 Å². The summed E-state index contributed by atoms with van der Waals surface area (Å²) in [6.07, 6.45) is 0.905. The molecule has 0 aliphatic heterocycles. The van der Waals surface area contributed by atoms with Crippen molar-refractivity contribution in [2.45, 2.75) is 30.6 Å². The molecule has 88 valence electrons. The molecule has 0 N–H and O–H groups in total. The molecule has 1 aromatic rings. The van der Waals surface area contributed by atoms with Gasteiger partial charge in [-0.2, -0.15) is 0 Å². The van der Waals surface area contributed by atoms with Crippen LogP contribution in [0.25, 0.3) is 0 Å². The average Bonchev–Trinajstić information content (AvgIpc) is 2.19. The van der Waals surface area contributed by atoms with E-state index in [0.717, 1.165) is 12.2 Å². The quantitative estimate of drug-likeness (QED) is 0.452. The van der Waals surface area contributed by atoms with Crippen molar-refractivity contribution in [3.8, 4) is 5.75 Å². The summed E-state index contributed by atoms with van der Waals surface area (Å²) < 4.78 is 7.60. The fourth-order valence-electron chi connectivity index (χ4n) is 1.31. The standard InChI is InChI=1S/C9H10ClO.C4H9.Sn/c10-7-4-8-11-9-5-2-1-3-6-9;1-4(2)3;/h2-3,5-6H,4,7-8H2;1-3H3;. The van der Waals surface area contributed by atoms with Crippen LogP contribution >= 0.6 is 11.6 Å². The molecular formula is C13H19ClOSn. The minimum atomic E-state index is -0.476. The zero-order valence-corrected chi connectivity index (χ0v) is 13.8. The van der Waals surface area contributed by atoms with Crippen LogP contribution in [-0.2, 0) is 0 Å². The van der Waals surface area contributed by atoms with Crippen LogP contribution in [0.3, 0.4) is 0 Å². The van der Waals surface area contributed by atoms with Crippen LogP contribution in [0.2, 0.25) is 3.43 Å². The number of ether oxygens (including phenoxy) is 1. The van der Waals surface area contributed by atoms with E-state index in [2.05, 4.69) is 45.0 Å². The first kappa shape index (κ1) is 14.2. The summed E-state index contributed by atoms with van der Waals surface area (Å²) in [5.41, 5.74) is 0. The summed E-state index contributed by atoms with van der Waals surface area (Å²) in [6.45, 7) is 7.68. The molecule has 0 saturated heterocycles. The van der Waals surface area contributed by atoms with Crippen LogP contribution in [0.15, 0.2) is 24.3 Å². The maximum absolute atomic E-state index is 5.59. The number of alkyl halides is 1. The third-order valence-electron chi connectivity index (χ3n) is 1.92. The van der Waals surface area contributed by atoms with Crippen LogP contribution in [-0.4, -0.2) is 33.6 Å². The summed E-state index contributed by atoms with van der Waals surface area (Å²) in [4.78, 5) is 0. The molecule has 1 rings (SSSR count). The van der Waals surface area contributed by atoms with Crippen LogP contribution in [0.4, 0.5) is 0 Å². The third-order valence-corrected chi connectivity index (χ3v) is 6.10. The molecular weight excluding hydrogens is 326 g/mol. The Morgan fingerprint density at radius 3 is 2.31 bits per heavy atom. The molecule has 2 radical (unpaired) electrons. The third kappa shape index (κ3) is 6.00. The molecule has 0 spiro atoms. The first-order chi connectivity index (χ1) is 7.51. The fourth-order valence-corrected chi connectivity index (χ4v) is 4.84. The first-order valence-corrected chi connectivity index (χ1v) is 8.97. The summed E-state index contributed by atoms with van der Waals surface area (Å²) in [7, 11) is 0. The van der Waals surface area contributed by atoms with Gasteiger partial charge in [-0.1, -0.05) is 0 Å². The van der Waals surface area contributed by atoms with Gasteiger partial charge in [-0.15, -0.1) is 0 Å². The van der Waals surface area contributed by atoms with Crippen LogP contribution in [0, 0.1) is 0 Å². The second kappa shape index (κ2) is 6.75. The second-order valence-corrected chi connectivity index (χ2v) is 11.8. The summed E-state index contributed by atoms with van der Waals surface area (Å²) in [5, 5.41) is 0. The molecule has 1 aromatic carbocycles. The molecule has 0 heterocycles. The summed E-state index contributed by atoms with van der Waals surface area (Å²) >= 11 is 5.12. The average molecular weight is 345 g/mol. The predicted molar refractivity (Wildman–Crippen MR) is 72.4 cm³/mol. The van der Waals surface area contributed by atoms with E-state index < -0.39 is 21.1 Å². The second-order valence-electron chi connectivity index (χ2n) is 4.79. The molecule has 0 aromatic heterocycles. The van der Waals surface area contributed by atoms with Gasteiger partial charge in [0.2, 0.25) is 0 Å². The monoisotopic (exact) mass is 346 g/mol. The molecule has 16 heavy (non-hydrogen) atoms. The summed E-state index contributed by atoms with van der Waals surface area (Å²) in [5.74, 6) is 1.62. The zero-order chi connectivity index (χ0) is 12.0. The van der Waals surface area contributed by atoms with Gasteiger partial charge in [-0.25, -0.2) is 0 Å². The van der Waals surface area contributed by atoms with E-state index in [-0.39, 0.29) is 0 Å². The Bertz CT molecular complexity index is 303. The normalized spacial score (nSPS) is 11.5. The Morgan fingerprint density at radius 2 is 1.81 bits per heavy atom. The number of benzene rings is 1. The van der Waals surface area contributed by atoms with Gasteiger partial charge in [0, 0.05) is 0 Å². The Hall–Kier alpha value is 0.109. The molecule has 0 aliphatic rings. The minimum absolute atomic E-state index is 0.476. The Labute approximate surface area is 114 Å². The van der Waals surface area contributed by atoms with Crippen molar-refractivity contribution in [3.05, 3.63) is 24.3 Å². The molecule has 3 heteroatoms. The molecule has 1 nitrogen and oxygen atoms in total. The first-order valence-electron chi connectivity index (χ1n) is 5.58. The van der Waals surface area contributed by atoms with Gasteiger partial charge in [0.1, 0.15) is 0 Å². The zero-order valence-electron chi connectivity index (χ0n) is 10.2. The molecule has 0 aliphatic carbocycles. The fraction of sp³-hybridized carbons (Fsp3) is 0.538. The summed E-state index contributed by atoms with van der Waals surface area (Å²) in [6, 6.07) is 8.59. The number of hydrogen-bond donors (Lipinski definition) is 0. The van der Waals surface area contributed by atoms with Crippen molar-refractivity contribution in [3.63, 3.8) is 0 Å². The molecule has 0 bridgehead atoms. The number of halogens is 1. The Kier molecular flexibility index (Phi) is 5.98. The van der Waals surface area contributed by atoms with Crippen molar-refractivity contribution in [2.75, 3.05) is 12.5 Å². The predicted octanol–water partition coefficient (Wildman–Crippen LogP) is 3.24. The molecule has 0 amide bonds. The Morgan fingerprint density at radius 1 is 1.19 bits per heavy atom. The maximum atomic E-state index is 5.59. The van der Waals surface area contributed by atoms with Gasteiger partial charge >= 0.3 is 114 Å². The SMILES string of the molecule is C[C](C)(C)[Sn][c]1ccc(OCCCCl)cc1. The number of hydrogen-bond acceptors (Lipinski definition) is 1. The van der Waals surface area contributed by atoms with Crippen LogP contribution in [0.1, 0.15) is 27.2 Å². The van der Waals surface area contributed by atoms with Crippen LogP contribution < -0.4 is 8.32 Å². The van der Waals surface area contributed by atoms with Crippen LogP contribution in [0.5, 0.6) is 5.75 Å². The molecule has 0 atom stereocenters. The van der Waals surface area contributed by atoms with Gasteiger partial charge < -0.3 is 0 Å². The molecule has 0 fully saturated rings. The molecule has 0 unspecified atom stereocenters. The van der Waals surface area contributed by atoms with Gasteiger partial charge in [0.15, 0.2) is 0 Å². The topological polar surface area (TPSA) is 9.23 Å². The van der Waals surface area contributed by atoms with E-state index in [1.807, 2.05) is 0 Å². The van der Waals surface area contributed by atoms with Crippen molar-refractivity contribution in [1.29, 1.82) is 0 Å². The van der Waals surface area contributed by atoms with Crippen molar-refractivity contribution < 1.29 is 4.74 Å². The van der Waals surface area contributed by atoms with E-state index in [1.165, 1.54) is 3.58 Å². The number of rotatable bonds is 5. The van der Waals surface area contributed by atoms with E-state index in [0.29, 0.717) is 15.9 Å². The van der Waals surface area contributed by atoms with Gasteiger partial charge in [0.05, 0.1) is 0 Å². The molecule has 0 saturated carbocycles. The van der Waals surface area contributed by atoms with E-state index in [4.69, 9.17) is 16.3 Å². The van der Waals surface area contributed by atoms with Crippen molar-refractivity contribution in [1.82, 2.24) is 0 Å². The van der Waals surface area contributed by atoms with Gasteiger partial charge in [-0.3, -0.25) is 0 Å².